The molecule has 2 aromatic rings. The largest absolute Gasteiger partial charge is 0.444 e. The van der Waals surface area contributed by atoms with Crippen molar-refractivity contribution in [2.24, 2.45) is 0 Å². The molecular weight excluding hydrogens is 482 g/mol. The number of anilines is 1. The summed E-state index contributed by atoms with van der Waals surface area (Å²) < 4.78 is 16.6. The predicted octanol–water partition coefficient (Wildman–Crippen LogP) is 5.24. The van der Waals surface area contributed by atoms with Gasteiger partial charge in [-0.2, -0.15) is 0 Å². The lowest BCUT2D eigenvalue weighted by molar-refractivity contribution is -0.167. The zero-order chi connectivity index (χ0) is 27.1. The van der Waals surface area contributed by atoms with Crippen LogP contribution in [0.4, 0.5) is 10.6 Å². The predicted molar refractivity (Wildman–Crippen MR) is 148 cm³/mol. The quantitative estimate of drug-likeness (QED) is 0.461. The number of benzene rings is 1. The van der Waals surface area contributed by atoms with E-state index in [2.05, 4.69) is 30.0 Å². The third-order valence-electron chi connectivity index (χ3n) is 6.58. The molecule has 1 atom stereocenters. The summed E-state index contributed by atoms with van der Waals surface area (Å²) in [6, 6.07) is 10.2. The smallest absolute Gasteiger partial charge is 0.410 e. The van der Waals surface area contributed by atoms with Gasteiger partial charge in [-0.25, -0.2) is 9.78 Å². The van der Waals surface area contributed by atoms with Crippen molar-refractivity contribution in [2.75, 3.05) is 44.3 Å². The fraction of sp³-hybridized carbons (Fsp3) is 0.500. The normalized spacial score (nSPS) is 18.6. The minimum atomic E-state index is -0.491. The average Bonchev–Trinajstić information content (AvgIpc) is 2.91. The van der Waals surface area contributed by atoms with Crippen molar-refractivity contribution in [3.63, 3.8) is 0 Å². The Labute approximate surface area is 225 Å². The average molecular weight is 522 g/mol. The van der Waals surface area contributed by atoms with Crippen LogP contribution in [0.15, 0.2) is 42.6 Å². The molecule has 38 heavy (non-hydrogen) atoms. The lowest BCUT2D eigenvalue weighted by atomic mass is 9.99. The molecule has 4 rings (SSSR count). The Morgan fingerprint density at radius 3 is 2.53 bits per heavy atom. The Morgan fingerprint density at radius 2 is 1.89 bits per heavy atom. The maximum Gasteiger partial charge on any atom is 0.410 e. The van der Waals surface area contributed by atoms with Crippen LogP contribution in [-0.4, -0.2) is 73.0 Å². The zero-order valence-electron chi connectivity index (χ0n) is 22.9. The van der Waals surface area contributed by atoms with E-state index in [1.807, 2.05) is 45.2 Å². The van der Waals surface area contributed by atoms with E-state index in [-0.39, 0.29) is 24.8 Å². The molecule has 0 spiro atoms. The maximum atomic E-state index is 12.3. The van der Waals surface area contributed by atoms with Crippen LogP contribution < -0.4 is 4.90 Å². The van der Waals surface area contributed by atoms with Crippen LogP contribution in [-0.2, 0) is 19.0 Å². The molecule has 2 aliphatic heterocycles. The maximum absolute atomic E-state index is 12.3. The number of aryl methyl sites for hydroxylation is 1. The summed E-state index contributed by atoms with van der Waals surface area (Å²) in [4.78, 5) is 33.1. The van der Waals surface area contributed by atoms with Gasteiger partial charge in [-0.3, -0.25) is 4.79 Å². The summed E-state index contributed by atoms with van der Waals surface area (Å²) in [7, 11) is 0. The molecule has 1 amide bonds. The molecule has 1 unspecified atom stereocenters. The Hall–Kier alpha value is -3.23. The number of nitrogens with zero attached hydrogens (tertiary/aromatic N) is 3. The van der Waals surface area contributed by atoms with Gasteiger partial charge in [0.25, 0.3) is 0 Å². The van der Waals surface area contributed by atoms with E-state index in [1.54, 1.807) is 11.0 Å². The molecule has 8 nitrogen and oxygen atoms in total. The van der Waals surface area contributed by atoms with E-state index in [0.717, 1.165) is 47.3 Å². The van der Waals surface area contributed by atoms with Gasteiger partial charge in [-0.05, 0) is 81.9 Å². The molecule has 1 aromatic heterocycles. The molecule has 2 saturated heterocycles. The zero-order valence-corrected chi connectivity index (χ0v) is 22.9. The van der Waals surface area contributed by atoms with Crippen LogP contribution in [0.3, 0.4) is 0 Å². The van der Waals surface area contributed by atoms with Gasteiger partial charge in [0.2, 0.25) is 0 Å². The number of ether oxygens (including phenoxy) is 3. The van der Waals surface area contributed by atoms with Gasteiger partial charge >= 0.3 is 6.09 Å². The number of hydrogen-bond acceptors (Lipinski definition) is 7. The molecular formula is C30H39N3O5. The summed E-state index contributed by atoms with van der Waals surface area (Å²) in [5, 5.41) is 0. The van der Waals surface area contributed by atoms with E-state index in [0.29, 0.717) is 32.8 Å². The van der Waals surface area contributed by atoms with Crippen LogP contribution in [0, 0.1) is 6.92 Å². The fourth-order valence-electron chi connectivity index (χ4n) is 4.55. The minimum Gasteiger partial charge on any atom is -0.444 e. The number of pyridine rings is 1. The number of amides is 1. The van der Waals surface area contributed by atoms with E-state index >= 15 is 0 Å². The molecule has 0 bridgehead atoms. The van der Waals surface area contributed by atoms with E-state index < -0.39 is 5.60 Å². The first kappa shape index (κ1) is 27.8. The molecule has 1 aromatic carbocycles. The Bertz CT molecular complexity index is 1130. The highest BCUT2D eigenvalue weighted by Crippen LogP contribution is 2.26. The molecule has 8 heteroatoms. The van der Waals surface area contributed by atoms with Gasteiger partial charge in [-0.1, -0.05) is 24.3 Å². The highest BCUT2D eigenvalue weighted by Gasteiger charge is 2.26. The third kappa shape index (κ3) is 7.88. The number of piperazine rings is 1. The number of rotatable bonds is 7. The first-order valence-electron chi connectivity index (χ1n) is 13.4. The van der Waals surface area contributed by atoms with Crippen molar-refractivity contribution in [3.8, 4) is 11.1 Å². The van der Waals surface area contributed by atoms with Gasteiger partial charge < -0.3 is 24.0 Å². The van der Waals surface area contributed by atoms with Crippen molar-refractivity contribution in [1.29, 1.82) is 0 Å². The van der Waals surface area contributed by atoms with E-state index in [1.165, 1.54) is 0 Å². The van der Waals surface area contributed by atoms with Crippen molar-refractivity contribution in [1.82, 2.24) is 9.88 Å². The first-order valence-corrected chi connectivity index (χ1v) is 13.4. The summed E-state index contributed by atoms with van der Waals surface area (Å²) in [5.41, 5.74) is 3.70. The molecule has 0 radical (unpaired) electrons. The van der Waals surface area contributed by atoms with Crippen LogP contribution in [0.1, 0.15) is 51.2 Å². The molecule has 204 valence electrons. The van der Waals surface area contributed by atoms with Crippen LogP contribution >= 0.6 is 0 Å². The van der Waals surface area contributed by atoms with Gasteiger partial charge in [0, 0.05) is 44.5 Å². The van der Waals surface area contributed by atoms with Crippen LogP contribution in [0.25, 0.3) is 17.2 Å². The Morgan fingerprint density at radius 1 is 1.11 bits per heavy atom. The third-order valence-corrected chi connectivity index (χ3v) is 6.58. The second-order valence-electron chi connectivity index (χ2n) is 10.8. The molecule has 0 N–H and O–H groups in total. The van der Waals surface area contributed by atoms with Gasteiger partial charge in [0.1, 0.15) is 18.0 Å². The topological polar surface area (TPSA) is 81.2 Å². The Balaban J connectivity index is 1.30. The summed E-state index contributed by atoms with van der Waals surface area (Å²) in [6.45, 7) is 11.1. The standard InChI is InChI=1S/C30H39N3O5/c1-22-19-23(8-11-25(34)21-37-28-7-5-6-18-36-28)9-12-26(22)24-10-13-27(31-20-24)32-14-16-33(17-15-32)29(35)38-30(2,3)4/h8-13,19-20,28H,5-7,14-18,21H2,1-4H3/b11-8+. The van der Waals surface area contributed by atoms with Crippen molar-refractivity contribution >= 4 is 23.8 Å². The number of aromatic nitrogens is 1. The summed E-state index contributed by atoms with van der Waals surface area (Å²) >= 11 is 0. The van der Waals surface area contributed by atoms with Crippen LogP contribution in [0.5, 0.6) is 0 Å². The second kappa shape index (κ2) is 12.5. The Kier molecular flexibility index (Phi) is 9.17. The molecule has 2 fully saturated rings. The van der Waals surface area contributed by atoms with Crippen molar-refractivity contribution in [2.45, 2.75) is 58.8 Å². The number of ketones is 1. The highest BCUT2D eigenvalue weighted by atomic mass is 16.7. The SMILES string of the molecule is Cc1cc(/C=C/C(=O)COC2CCCCO2)ccc1-c1ccc(N2CCN(C(=O)OC(C)(C)C)CC2)nc1. The summed E-state index contributed by atoms with van der Waals surface area (Å²) in [5.74, 6) is 0.821. The molecule has 2 aliphatic rings. The minimum absolute atomic E-state index is 0.0340. The van der Waals surface area contributed by atoms with Gasteiger partial charge in [0.15, 0.2) is 12.1 Å². The lowest BCUT2D eigenvalue weighted by Gasteiger charge is -2.36. The first-order chi connectivity index (χ1) is 18.2. The van der Waals surface area contributed by atoms with E-state index in [4.69, 9.17) is 19.2 Å². The highest BCUT2D eigenvalue weighted by molar-refractivity contribution is 5.94. The molecule has 0 saturated carbocycles. The van der Waals surface area contributed by atoms with Crippen LogP contribution in [0.2, 0.25) is 0 Å². The molecule has 3 heterocycles. The van der Waals surface area contributed by atoms with Gasteiger partial charge in [0.05, 0.1) is 0 Å². The number of carbonyl (C=O) groups excluding carboxylic acids is 2. The van der Waals surface area contributed by atoms with Gasteiger partial charge in [-0.15, -0.1) is 0 Å². The second-order valence-corrected chi connectivity index (χ2v) is 10.8. The monoisotopic (exact) mass is 521 g/mol. The van der Waals surface area contributed by atoms with E-state index in [9.17, 15) is 9.59 Å². The molecule has 0 aliphatic carbocycles. The number of carbonyl (C=O) groups is 2. The van der Waals surface area contributed by atoms with Crippen molar-refractivity contribution in [3.05, 3.63) is 53.7 Å². The lowest BCUT2D eigenvalue weighted by Crippen LogP contribution is -2.50. The summed E-state index contributed by atoms with van der Waals surface area (Å²) in [6.07, 6.45) is 7.73. The fourth-order valence-corrected chi connectivity index (χ4v) is 4.55. The van der Waals surface area contributed by atoms with Crippen molar-refractivity contribution < 1.29 is 23.8 Å². The number of hydrogen-bond donors (Lipinski definition) is 0.